The first kappa shape index (κ1) is 11.6. The van der Waals surface area contributed by atoms with Gasteiger partial charge in [-0.1, -0.05) is 30.3 Å². The summed E-state index contributed by atoms with van der Waals surface area (Å²) in [6.07, 6.45) is 1.05. The maximum Gasteiger partial charge on any atom is 0.0717 e. The fourth-order valence-corrected chi connectivity index (χ4v) is 2.21. The third-order valence-electron chi connectivity index (χ3n) is 3.14. The lowest BCUT2D eigenvalue weighted by Gasteiger charge is -2.18. The lowest BCUT2D eigenvalue weighted by Crippen LogP contribution is -2.29. The molecule has 1 aromatic carbocycles. The fraction of sp³-hybridized carbons (Fsp3) is 0.538. The first-order valence-electron chi connectivity index (χ1n) is 5.83. The molecule has 0 saturated carbocycles. The molecule has 0 aromatic heterocycles. The molecule has 0 bridgehead atoms. The molecule has 3 heteroatoms. The molecule has 0 amide bonds. The van der Waals surface area contributed by atoms with Crippen LogP contribution in [0.3, 0.4) is 0 Å². The van der Waals surface area contributed by atoms with E-state index in [1.165, 1.54) is 5.56 Å². The Morgan fingerprint density at radius 2 is 2.12 bits per heavy atom. The molecule has 1 fully saturated rings. The maximum atomic E-state index is 5.90. The Labute approximate surface area is 97.2 Å². The molecule has 1 saturated heterocycles. The van der Waals surface area contributed by atoms with Crippen LogP contribution in [0.25, 0.3) is 0 Å². The SMILES string of the molecule is CN1C[C@H](N)C[C@@H]1COCc1ccccc1. The highest BCUT2D eigenvalue weighted by atomic mass is 16.5. The molecule has 88 valence electrons. The van der Waals surface area contributed by atoms with Crippen molar-refractivity contribution in [3.8, 4) is 0 Å². The normalized spacial score (nSPS) is 26.1. The van der Waals surface area contributed by atoms with Crippen LogP contribution in [-0.4, -0.2) is 37.2 Å². The van der Waals surface area contributed by atoms with Gasteiger partial charge in [0.2, 0.25) is 0 Å². The summed E-state index contributed by atoms with van der Waals surface area (Å²) < 4.78 is 5.73. The second kappa shape index (κ2) is 5.43. The monoisotopic (exact) mass is 220 g/mol. The molecule has 2 rings (SSSR count). The molecule has 2 N–H and O–H groups in total. The van der Waals surface area contributed by atoms with Gasteiger partial charge in [0.25, 0.3) is 0 Å². The van der Waals surface area contributed by atoms with Gasteiger partial charge in [0.1, 0.15) is 0 Å². The molecule has 0 aliphatic carbocycles. The number of ether oxygens (including phenoxy) is 1. The topological polar surface area (TPSA) is 38.5 Å². The summed E-state index contributed by atoms with van der Waals surface area (Å²) in [6.45, 7) is 2.46. The predicted octanol–water partition coefficient (Wildman–Crippen LogP) is 1.23. The van der Waals surface area contributed by atoms with E-state index in [4.69, 9.17) is 10.5 Å². The molecule has 3 nitrogen and oxygen atoms in total. The maximum absolute atomic E-state index is 5.90. The van der Waals surface area contributed by atoms with Crippen molar-refractivity contribution in [2.45, 2.75) is 25.1 Å². The first-order valence-corrected chi connectivity index (χ1v) is 5.83. The van der Waals surface area contributed by atoms with Gasteiger partial charge in [0, 0.05) is 18.6 Å². The predicted molar refractivity (Wildman–Crippen MR) is 65.1 cm³/mol. The van der Waals surface area contributed by atoms with Gasteiger partial charge in [-0.3, -0.25) is 4.90 Å². The highest BCUT2D eigenvalue weighted by Gasteiger charge is 2.26. The Bertz CT molecular complexity index is 315. The van der Waals surface area contributed by atoms with Crippen LogP contribution in [0.15, 0.2) is 30.3 Å². The van der Waals surface area contributed by atoms with Crippen LogP contribution in [0.5, 0.6) is 0 Å². The van der Waals surface area contributed by atoms with Crippen molar-refractivity contribution in [1.82, 2.24) is 4.90 Å². The molecule has 1 aromatic rings. The number of likely N-dealkylation sites (N-methyl/N-ethyl adjacent to an activating group) is 1. The number of hydrogen-bond donors (Lipinski definition) is 1. The molecule has 1 aliphatic rings. The Morgan fingerprint density at radius 1 is 1.38 bits per heavy atom. The zero-order chi connectivity index (χ0) is 11.4. The van der Waals surface area contributed by atoms with Crippen molar-refractivity contribution in [2.24, 2.45) is 5.73 Å². The van der Waals surface area contributed by atoms with Gasteiger partial charge in [0.15, 0.2) is 0 Å². The summed E-state index contributed by atoms with van der Waals surface area (Å²) in [6, 6.07) is 11.1. The Hall–Kier alpha value is -0.900. The largest absolute Gasteiger partial charge is 0.375 e. The summed E-state index contributed by atoms with van der Waals surface area (Å²) in [5.74, 6) is 0. The van der Waals surface area contributed by atoms with Gasteiger partial charge in [-0.15, -0.1) is 0 Å². The highest BCUT2D eigenvalue weighted by Crippen LogP contribution is 2.14. The van der Waals surface area contributed by atoms with Crippen LogP contribution < -0.4 is 5.73 Å². The van der Waals surface area contributed by atoms with Crippen molar-refractivity contribution >= 4 is 0 Å². The van der Waals surface area contributed by atoms with E-state index in [0.29, 0.717) is 18.7 Å². The van der Waals surface area contributed by atoms with E-state index in [9.17, 15) is 0 Å². The van der Waals surface area contributed by atoms with Crippen molar-refractivity contribution in [3.63, 3.8) is 0 Å². The summed E-state index contributed by atoms with van der Waals surface area (Å²) in [7, 11) is 2.11. The molecule has 1 heterocycles. The minimum Gasteiger partial charge on any atom is -0.375 e. The van der Waals surface area contributed by atoms with Crippen LogP contribution in [0.2, 0.25) is 0 Å². The van der Waals surface area contributed by atoms with E-state index in [1.54, 1.807) is 0 Å². The summed E-state index contributed by atoms with van der Waals surface area (Å²) in [5, 5.41) is 0. The van der Waals surface area contributed by atoms with E-state index < -0.39 is 0 Å². The van der Waals surface area contributed by atoms with Gasteiger partial charge in [-0.25, -0.2) is 0 Å². The summed E-state index contributed by atoms with van der Waals surface area (Å²) in [4.78, 5) is 2.29. The number of rotatable bonds is 4. The number of likely N-dealkylation sites (tertiary alicyclic amines) is 1. The molecule has 1 aliphatic heterocycles. The van der Waals surface area contributed by atoms with Gasteiger partial charge in [0.05, 0.1) is 13.2 Å². The standard InChI is InChI=1S/C13H20N2O/c1-15-8-12(14)7-13(15)10-16-9-11-5-3-2-4-6-11/h2-6,12-13H,7-10,14H2,1H3/t12-,13-/m1/s1. The van der Waals surface area contributed by atoms with Gasteiger partial charge < -0.3 is 10.5 Å². The van der Waals surface area contributed by atoms with Crippen LogP contribution in [-0.2, 0) is 11.3 Å². The Kier molecular flexibility index (Phi) is 3.93. The third kappa shape index (κ3) is 3.04. The zero-order valence-corrected chi connectivity index (χ0v) is 9.80. The van der Waals surface area contributed by atoms with Crippen LogP contribution in [0, 0.1) is 0 Å². The average Bonchev–Trinajstić information content (AvgIpc) is 2.59. The van der Waals surface area contributed by atoms with Crippen molar-refractivity contribution in [3.05, 3.63) is 35.9 Å². The average molecular weight is 220 g/mol. The van der Waals surface area contributed by atoms with E-state index in [-0.39, 0.29) is 0 Å². The molecule has 0 spiro atoms. The number of nitrogens with two attached hydrogens (primary N) is 1. The second-order valence-electron chi connectivity index (χ2n) is 4.59. The quantitative estimate of drug-likeness (QED) is 0.829. The van der Waals surface area contributed by atoms with Crippen LogP contribution >= 0.6 is 0 Å². The van der Waals surface area contributed by atoms with Crippen molar-refractivity contribution in [2.75, 3.05) is 20.2 Å². The van der Waals surface area contributed by atoms with E-state index in [0.717, 1.165) is 19.6 Å². The van der Waals surface area contributed by atoms with E-state index in [2.05, 4.69) is 24.1 Å². The Balaban J connectivity index is 1.72. The number of hydrogen-bond acceptors (Lipinski definition) is 3. The lowest BCUT2D eigenvalue weighted by molar-refractivity contribution is 0.0749. The third-order valence-corrected chi connectivity index (χ3v) is 3.14. The summed E-state index contributed by atoms with van der Waals surface area (Å²) in [5.41, 5.74) is 7.13. The highest BCUT2D eigenvalue weighted by molar-refractivity contribution is 5.13. The van der Waals surface area contributed by atoms with Crippen molar-refractivity contribution < 1.29 is 4.74 Å². The lowest BCUT2D eigenvalue weighted by atomic mass is 10.2. The molecule has 16 heavy (non-hydrogen) atoms. The van der Waals surface area contributed by atoms with Crippen LogP contribution in [0.1, 0.15) is 12.0 Å². The molecule has 0 radical (unpaired) electrons. The second-order valence-corrected chi connectivity index (χ2v) is 4.59. The van der Waals surface area contributed by atoms with Gasteiger partial charge >= 0.3 is 0 Å². The van der Waals surface area contributed by atoms with E-state index in [1.807, 2.05) is 18.2 Å². The van der Waals surface area contributed by atoms with Crippen LogP contribution in [0.4, 0.5) is 0 Å². The first-order chi connectivity index (χ1) is 7.75. The minimum atomic E-state index is 0.315. The smallest absolute Gasteiger partial charge is 0.0717 e. The zero-order valence-electron chi connectivity index (χ0n) is 9.80. The minimum absolute atomic E-state index is 0.315. The summed E-state index contributed by atoms with van der Waals surface area (Å²) >= 11 is 0. The molecule has 0 unspecified atom stereocenters. The Morgan fingerprint density at radius 3 is 2.75 bits per heavy atom. The van der Waals surface area contributed by atoms with Crippen molar-refractivity contribution in [1.29, 1.82) is 0 Å². The fourth-order valence-electron chi connectivity index (χ4n) is 2.21. The molecular weight excluding hydrogens is 200 g/mol. The van der Waals surface area contributed by atoms with Gasteiger partial charge in [-0.05, 0) is 19.0 Å². The number of benzene rings is 1. The molecular formula is C13H20N2O. The molecule has 2 atom stereocenters. The van der Waals surface area contributed by atoms with Gasteiger partial charge in [-0.2, -0.15) is 0 Å². The van der Waals surface area contributed by atoms with E-state index >= 15 is 0 Å². The number of nitrogens with zero attached hydrogens (tertiary/aromatic N) is 1.